The lowest BCUT2D eigenvalue weighted by Gasteiger charge is -2.30. The summed E-state index contributed by atoms with van der Waals surface area (Å²) in [5.41, 5.74) is 7.13. The van der Waals surface area contributed by atoms with Crippen LogP contribution in [-0.4, -0.2) is 37.2 Å². The van der Waals surface area contributed by atoms with E-state index in [1.54, 1.807) is 0 Å². The number of nitrogens with zero attached hydrogens (tertiary/aromatic N) is 1. The second-order valence-electron chi connectivity index (χ2n) is 4.94. The summed E-state index contributed by atoms with van der Waals surface area (Å²) in [5.74, 6) is 0. The van der Waals surface area contributed by atoms with Crippen LogP contribution in [0.3, 0.4) is 0 Å². The second-order valence-corrected chi connectivity index (χ2v) is 4.94. The van der Waals surface area contributed by atoms with Crippen molar-refractivity contribution in [2.45, 2.75) is 31.8 Å². The van der Waals surface area contributed by atoms with Gasteiger partial charge in [0.25, 0.3) is 0 Å². The van der Waals surface area contributed by atoms with Crippen molar-refractivity contribution in [3.63, 3.8) is 0 Å². The molecule has 1 unspecified atom stereocenters. The second kappa shape index (κ2) is 7.52. The van der Waals surface area contributed by atoms with E-state index < -0.39 is 0 Å². The smallest absolute Gasteiger partial charge is 0.0480 e. The average molecular weight is 248 g/mol. The topological polar surface area (TPSA) is 38.5 Å². The first-order valence-corrected chi connectivity index (χ1v) is 6.96. The lowest BCUT2D eigenvalue weighted by Crippen LogP contribution is -2.38. The van der Waals surface area contributed by atoms with Crippen molar-refractivity contribution >= 4 is 0 Å². The van der Waals surface area contributed by atoms with E-state index in [2.05, 4.69) is 35.2 Å². The molecule has 1 aromatic carbocycles. The molecule has 0 aliphatic carbocycles. The number of hydrogen-bond donors (Lipinski definition) is 1. The van der Waals surface area contributed by atoms with Gasteiger partial charge in [-0.25, -0.2) is 0 Å². The average Bonchev–Trinajstić information content (AvgIpc) is 2.68. The van der Waals surface area contributed by atoms with E-state index in [1.807, 2.05) is 0 Å². The van der Waals surface area contributed by atoms with Gasteiger partial charge in [0.2, 0.25) is 0 Å². The molecule has 0 aromatic heterocycles. The normalized spacial score (nSPS) is 20.9. The van der Waals surface area contributed by atoms with Crippen molar-refractivity contribution in [2.75, 3.05) is 26.3 Å². The maximum atomic E-state index is 5.76. The van der Waals surface area contributed by atoms with Crippen molar-refractivity contribution in [1.29, 1.82) is 0 Å². The Morgan fingerprint density at radius 1 is 1.17 bits per heavy atom. The van der Waals surface area contributed by atoms with Crippen molar-refractivity contribution in [2.24, 2.45) is 5.73 Å². The van der Waals surface area contributed by atoms with Crippen molar-refractivity contribution < 1.29 is 4.74 Å². The summed E-state index contributed by atoms with van der Waals surface area (Å²) in [6, 6.07) is 11.3. The van der Waals surface area contributed by atoms with Gasteiger partial charge in [-0.3, -0.25) is 4.90 Å². The Morgan fingerprint density at radius 2 is 2.00 bits per heavy atom. The lowest BCUT2D eigenvalue weighted by molar-refractivity contribution is 0.127. The zero-order chi connectivity index (χ0) is 12.6. The van der Waals surface area contributed by atoms with Gasteiger partial charge in [0.1, 0.15) is 0 Å². The zero-order valence-corrected chi connectivity index (χ0v) is 11.1. The highest BCUT2D eigenvalue weighted by molar-refractivity contribution is 5.14. The molecule has 0 bridgehead atoms. The predicted molar refractivity (Wildman–Crippen MR) is 74.4 cm³/mol. The minimum Gasteiger partial charge on any atom is -0.381 e. The molecule has 1 saturated heterocycles. The van der Waals surface area contributed by atoms with Gasteiger partial charge in [-0.1, -0.05) is 30.3 Å². The summed E-state index contributed by atoms with van der Waals surface area (Å²) >= 11 is 0. The number of rotatable bonds is 5. The Bertz CT molecular complexity index is 321. The van der Waals surface area contributed by atoms with Crippen LogP contribution in [0.4, 0.5) is 0 Å². The van der Waals surface area contributed by atoms with Crippen LogP contribution in [0.1, 0.15) is 24.8 Å². The quantitative estimate of drug-likeness (QED) is 0.866. The number of nitrogens with two attached hydrogens (primary N) is 1. The van der Waals surface area contributed by atoms with Crippen molar-refractivity contribution in [3.05, 3.63) is 35.9 Å². The standard InChI is InChI=1S/C15H24N2O/c16-9-10-17(13-14-5-2-1-3-6-14)15-7-4-11-18-12-8-15/h1-3,5-6,15H,4,7-13,16H2. The van der Waals surface area contributed by atoms with Crippen LogP contribution in [-0.2, 0) is 11.3 Å². The molecule has 3 heteroatoms. The van der Waals surface area contributed by atoms with Gasteiger partial charge in [0.15, 0.2) is 0 Å². The largest absolute Gasteiger partial charge is 0.381 e. The van der Waals surface area contributed by atoms with Gasteiger partial charge in [-0.2, -0.15) is 0 Å². The van der Waals surface area contributed by atoms with Crippen LogP contribution in [0.15, 0.2) is 30.3 Å². The molecule has 2 rings (SSSR count). The minimum absolute atomic E-state index is 0.622. The summed E-state index contributed by atoms with van der Waals surface area (Å²) < 4.78 is 5.55. The maximum absolute atomic E-state index is 5.76. The van der Waals surface area contributed by atoms with Crippen LogP contribution < -0.4 is 5.73 Å². The SMILES string of the molecule is NCCN(Cc1ccccc1)C1CCCOCC1. The van der Waals surface area contributed by atoms with Crippen LogP contribution >= 0.6 is 0 Å². The van der Waals surface area contributed by atoms with Gasteiger partial charge in [-0.05, 0) is 24.8 Å². The van der Waals surface area contributed by atoms with E-state index in [9.17, 15) is 0 Å². The van der Waals surface area contributed by atoms with E-state index in [0.717, 1.165) is 39.3 Å². The molecule has 18 heavy (non-hydrogen) atoms. The van der Waals surface area contributed by atoms with E-state index in [4.69, 9.17) is 10.5 Å². The first kappa shape index (κ1) is 13.5. The molecule has 1 atom stereocenters. The van der Waals surface area contributed by atoms with Crippen LogP contribution in [0.2, 0.25) is 0 Å². The Kier molecular flexibility index (Phi) is 5.65. The van der Waals surface area contributed by atoms with Crippen LogP contribution in [0.5, 0.6) is 0 Å². The van der Waals surface area contributed by atoms with E-state index in [1.165, 1.54) is 18.4 Å². The molecule has 1 fully saturated rings. The summed E-state index contributed by atoms with van der Waals surface area (Å²) in [6.45, 7) is 4.51. The Hall–Kier alpha value is -0.900. The van der Waals surface area contributed by atoms with Crippen molar-refractivity contribution in [3.8, 4) is 0 Å². The molecule has 0 saturated carbocycles. The molecule has 1 aromatic rings. The highest BCUT2D eigenvalue weighted by atomic mass is 16.5. The van der Waals surface area contributed by atoms with Gasteiger partial charge < -0.3 is 10.5 Å². The van der Waals surface area contributed by atoms with Crippen molar-refractivity contribution in [1.82, 2.24) is 4.90 Å². The third kappa shape index (κ3) is 4.09. The molecule has 3 nitrogen and oxygen atoms in total. The zero-order valence-electron chi connectivity index (χ0n) is 11.1. The van der Waals surface area contributed by atoms with Crippen LogP contribution in [0.25, 0.3) is 0 Å². The third-order valence-electron chi connectivity index (χ3n) is 3.58. The molecule has 2 N–H and O–H groups in total. The molecule has 100 valence electrons. The third-order valence-corrected chi connectivity index (χ3v) is 3.58. The first-order chi connectivity index (χ1) is 8.90. The Labute approximate surface area is 110 Å². The lowest BCUT2D eigenvalue weighted by atomic mass is 10.1. The Balaban J connectivity index is 1.97. The van der Waals surface area contributed by atoms with Crippen LogP contribution in [0, 0.1) is 0 Å². The van der Waals surface area contributed by atoms with Gasteiger partial charge in [-0.15, -0.1) is 0 Å². The predicted octanol–water partition coefficient (Wildman–Crippen LogP) is 2.02. The molecule has 1 heterocycles. The van der Waals surface area contributed by atoms with Gasteiger partial charge >= 0.3 is 0 Å². The van der Waals surface area contributed by atoms with Gasteiger partial charge in [0, 0.05) is 38.9 Å². The fraction of sp³-hybridized carbons (Fsp3) is 0.600. The monoisotopic (exact) mass is 248 g/mol. The molecular formula is C15H24N2O. The Morgan fingerprint density at radius 3 is 2.78 bits per heavy atom. The summed E-state index contributed by atoms with van der Waals surface area (Å²) in [4.78, 5) is 2.52. The molecule has 0 spiro atoms. The highest BCUT2D eigenvalue weighted by Crippen LogP contribution is 2.17. The van der Waals surface area contributed by atoms with E-state index in [-0.39, 0.29) is 0 Å². The molecule has 0 radical (unpaired) electrons. The summed E-state index contributed by atoms with van der Waals surface area (Å²) in [7, 11) is 0. The van der Waals surface area contributed by atoms with Gasteiger partial charge in [0.05, 0.1) is 0 Å². The first-order valence-electron chi connectivity index (χ1n) is 6.96. The van der Waals surface area contributed by atoms with E-state index in [0.29, 0.717) is 6.04 Å². The molecule has 0 amide bonds. The fourth-order valence-corrected chi connectivity index (χ4v) is 2.63. The summed E-state index contributed by atoms with van der Waals surface area (Å²) in [6.07, 6.45) is 3.53. The number of hydrogen-bond acceptors (Lipinski definition) is 3. The molecule has 1 aliphatic rings. The minimum atomic E-state index is 0.622. The maximum Gasteiger partial charge on any atom is 0.0480 e. The highest BCUT2D eigenvalue weighted by Gasteiger charge is 2.19. The fourth-order valence-electron chi connectivity index (χ4n) is 2.63. The van der Waals surface area contributed by atoms with E-state index >= 15 is 0 Å². The summed E-state index contributed by atoms with van der Waals surface area (Å²) in [5, 5.41) is 0. The molecular weight excluding hydrogens is 224 g/mol. The number of ether oxygens (including phenoxy) is 1. The number of benzene rings is 1. The molecule has 1 aliphatic heterocycles.